The van der Waals surface area contributed by atoms with Crippen LogP contribution in [0.4, 0.5) is 0 Å². The van der Waals surface area contributed by atoms with Crippen LogP contribution in [0.1, 0.15) is 17.3 Å². The molecule has 0 bridgehead atoms. The molecule has 0 saturated heterocycles. The largest absolute Gasteiger partial charge is 0.480 e. The Kier molecular flexibility index (Phi) is 4.00. The van der Waals surface area contributed by atoms with Gasteiger partial charge in [-0.3, -0.25) is 14.9 Å². The third kappa shape index (κ3) is 3.52. The number of carboxylic acid groups (broad SMARTS) is 1. The molecule has 0 amide bonds. The highest BCUT2D eigenvalue weighted by Gasteiger charge is 2.12. The zero-order chi connectivity index (χ0) is 11.3. The maximum absolute atomic E-state index is 11.5. The van der Waals surface area contributed by atoms with E-state index < -0.39 is 12.0 Å². The van der Waals surface area contributed by atoms with Crippen molar-refractivity contribution in [1.29, 1.82) is 0 Å². The van der Waals surface area contributed by atoms with E-state index in [0.29, 0.717) is 5.56 Å². The summed E-state index contributed by atoms with van der Waals surface area (Å²) in [6.07, 6.45) is 0. The van der Waals surface area contributed by atoms with E-state index in [2.05, 4.69) is 5.32 Å². The van der Waals surface area contributed by atoms with Crippen LogP contribution in [0, 0.1) is 0 Å². The number of aliphatic carboxylic acids is 1. The van der Waals surface area contributed by atoms with Gasteiger partial charge in [0.05, 0.1) is 6.54 Å². The Morgan fingerprint density at radius 1 is 1.33 bits per heavy atom. The molecule has 4 heteroatoms. The van der Waals surface area contributed by atoms with E-state index in [-0.39, 0.29) is 12.3 Å². The highest BCUT2D eigenvalue weighted by atomic mass is 16.4. The third-order valence-electron chi connectivity index (χ3n) is 2.03. The fraction of sp³-hybridized carbons (Fsp3) is 0.273. The lowest BCUT2D eigenvalue weighted by molar-refractivity contribution is -0.138. The summed E-state index contributed by atoms with van der Waals surface area (Å²) in [4.78, 5) is 22.0. The summed E-state index contributed by atoms with van der Waals surface area (Å²) in [5.41, 5.74) is 0.586. The van der Waals surface area contributed by atoms with Gasteiger partial charge in [-0.25, -0.2) is 0 Å². The van der Waals surface area contributed by atoms with Gasteiger partial charge in [-0.2, -0.15) is 0 Å². The van der Waals surface area contributed by atoms with Gasteiger partial charge in [-0.05, 0) is 6.92 Å². The van der Waals surface area contributed by atoms with Crippen LogP contribution in [0.2, 0.25) is 0 Å². The van der Waals surface area contributed by atoms with Crippen molar-refractivity contribution in [3.8, 4) is 0 Å². The summed E-state index contributed by atoms with van der Waals surface area (Å²) in [7, 11) is 0. The van der Waals surface area contributed by atoms with Crippen molar-refractivity contribution in [2.45, 2.75) is 13.0 Å². The smallest absolute Gasteiger partial charge is 0.320 e. The summed E-state index contributed by atoms with van der Waals surface area (Å²) >= 11 is 0. The average Bonchev–Trinajstić information content (AvgIpc) is 2.26. The second kappa shape index (κ2) is 5.26. The van der Waals surface area contributed by atoms with E-state index in [0.717, 1.165) is 0 Å². The van der Waals surface area contributed by atoms with Gasteiger partial charge in [-0.15, -0.1) is 0 Å². The molecule has 0 unspecified atom stereocenters. The van der Waals surface area contributed by atoms with Crippen LogP contribution in [0.3, 0.4) is 0 Å². The number of benzene rings is 1. The minimum absolute atomic E-state index is 0.0392. The van der Waals surface area contributed by atoms with Crippen LogP contribution in [0.5, 0.6) is 0 Å². The van der Waals surface area contributed by atoms with E-state index in [9.17, 15) is 9.59 Å². The molecule has 0 aromatic heterocycles. The first-order valence-corrected chi connectivity index (χ1v) is 4.65. The van der Waals surface area contributed by atoms with Gasteiger partial charge in [0.25, 0.3) is 0 Å². The number of Topliss-reactive ketones (excluding diaryl/α,β-unsaturated/α-hetero) is 1. The van der Waals surface area contributed by atoms with Crippen LogP contribution >= 0.6 is 0 Å². The first-order valence-electron chi connectivity index (χ1n) is 4.65. The highest BCUT2D eigenvalue weighted by molar-refractivity contribution is 5.97. The monoisotopic (exact) mass is 207 g/mol. The Labute approximate surface area is 87.9 Å². The highest BCUT2D eigenvalue weighted by Crippen LogP contribution is 1.99. The Hall–Kier alpha value is -1.68. The molecule has 1 aromatic carbocycles. The van der Waals surface area contributed by atoms with Crippen molar-refractivity contribution in [2.75, 3.05) is 6.54 Å². The van der Waals surface area contributed by atoms with E-state index >= 15 is 0 Å². The van der Waals surface area contributed by atoms with Gasteiger partial charge >= 0.3 is 5.97 Å². The maximum atomic E-state index is 11.5. The molecule has 1 rings (SSSR count). The number of hydrogen-bond acceptors (Lipinski definition) is 3. The summed E-state index contributed by atoms with van der Waals surface area (Å²) in [6.45, 7) is 1.54. The van der Waals surface area contributed by atoms with Gasteiger partial charge in [0, 0.05) is 5.56 Å². The van der Waals surface area contributed by atoms with Crippen molar-refractivity contribution in [3.05, 3.63) is 35.9 Å². The lowest BCUT2D eigenvalue weighted by Gasteiger charge is -2.07. The normalized spacial score (nSPS) is 12.1. The number of rotatable bonds is 5. The van der Waals surface area contributed by atoms with Crippen LogP contribution in [-0.4, -0.2) is 29.4 Å². The van der Waals surface area contributed by atoms with Crippen LogP contribution in [0.15, 0.2) is 30.3 Å². The molecule has 0 aliphatic rings. The molecule has 0 spiro atoms. The van der Waals surface area contributed by atoms with E-state index in [1.54, 1.807) is 24.3 Å². The summed E-state index contributed by atoms with van der Waals surface area (Å²) in [5.74, 6) is -1.07. The molecule has 1 atom stereocenters. The summed E-state index contributed by atoms with van der Waals surface area (Å²) in [5, 5.41) is 11.2. The van der Waals surface area contributed by atoms with Crippen molar-refractivity contribution in [3.63, 3.8) is 0 Å². The predicted molar refractivity (Wildman–Crippen MR) is 55.9 cm³/mol. The Morgan fingerprint density at radius 2 is 1.93 bits per heavy atom. The quantitative estimate of drug-likeness (QED) is 0.705. The van der Waals surface area contributed by atoms with E-state index in [1.165, 1.54) is 6.92 Å². The molecule has 80 valence electrons. The number of nitrogens with one attached hydrogen (secondary N) is 1. The average molecular weight is 207 g/mol. The summed E-state index contributed by atoms with van der Waals surface area (Å²) in [6, 6.07) is 8.06. The van der Waals surface area contributed by atoms with Gasteiger partial charge in [0.1, 0.15) is 6.04 Å². The summed E-state index contributed by atoms with van der Waals surface area (Å²) < 4.78 is 0. The Balaban J connectivity index is 2.47. The molecule has 0 aliphatic heterocycles. The lowest BCUT2D eigenvalue weighted by Crippen LogP contribution is -2.37. The molecule has 15 heavy (non-hydrogen) atoms. The number of carboxylic acids is 1. The fourth-order valence-electron chi connectivity index (χ4n) is 1.06. The first kappa shape index (κ1) is 11.4. The molecule has 0 radical (unpaired) electrons. The minimum Gasteiger partial charge on any atom is -0.480 e. The molecular weight excluding hydrogens is 194 g/mol. The zero-order valence-corrected chi connectivity index (χ0v) is 8.43. The van der Waals surface area contributed by atoms with Gasteiger partial charge in [0.15, 0.2) is 5.78 Å². The van der Waals surface area contributed by atoms with Crippen molar-refractivity contribution in [1.82, 2.24) is 5.32 Å². The van der Waals surface area contributed by atoms with Crippen molar-refractivity contribution >= 4 is 11.8 Å². The molecule has 0 fully saturated rings. The zero-order valence-electron chi connectivity index (χ0n) is 8.43. The van der Waals surface area contributed by atoms with Crippen LogP contribution in [0.25, 0.3) is 0 Å². The molecule has 2 N–H and O–H groups in total. The van der Waals surface area contributed by atoms with Gasteiger partial charge in [-0.1, -0.05) is 30.3 Å². The Morgan fingerprint density at radius 3 is 2.47 bits per heavy atom. The van der Waals surface area contributed by atoms with Crippen molar-refractivity contribution in [2.24, 2.45) is 0 Å². The Bertz CT molecular complexity index is 348. The standard InChI is InChI=1S/C11H13NO3/c1-8(11(14)15)12-7-10(13)9-5-3-2-4-6-9/h2-6,8,12H,7H2,1H3,(H,14,15)/t8-/m1/s1. The van der Waals surface area contributed by atoms with Gasteiger partial charge in [0.2, 0.25) is 0 Å². The number of ketones is 1. The second-order valence-corrected chi connectivity index (χ2v) is 3.23. The van der Waals surface area contributed by atoms with Crippen LogP contribution in [-0.2, 0) is 4.79 Å². The number of carbonyl (C=O) groups excluding carboxylic acids is 1. The molecule has 0 heterocycles. The first-order chi connectivity index (χ1) is 7.11. The molecule has 0 aliphatic carbocycles. The van der Waals surface area contributed by atoms with Crippen molar-refractivity contribution < 1.29 is 14.7 Å². The maximum Gasteiger partial charge on any atom is 0.320 e. The second-order valence-electron chi connectivity index (χ2n) is 3.23. The molecule has 4 nitrogen and oxygen atoms in total. The molecular formula is C11H13NO3. The van der Waals surface area contributed by atoms with E-state index in [1.807, 2.05) is 6.07 Å². The predicted octanol–water partition coefficient (Wildman–Crippen LogP) is 0.932. The third-order valence-corrected chi connectivity index (χ3v) is 2.03. The SMILES string of the molecule is C[C@@H](NCC(=O)c1ccccc1)C(=O)O. The molecule has 0 saturated carbocycles. The lowest BCUT2D eigenvalue weighted by atomic mass is 10.1. The van der Waals surface area contributed by atoms with Gasteiger partial charge < -0.3 is 5.11 Å². The number of carbonyl (C=O) groups is 2. The topological polar surface area (TPSA) is 66.4 Å². The van der Waals surface area contributed by atoms with Crippen LogP contribution < -0.4 is 5.32 Å². The van der Waals surface area contributed by atoms with E-state index in [4.69, 9.17) is 5.11 Å². The minimum atomic E-state index is -0.962. The molecule has 1 aromatic rings. The number of hydrogen-bond donors (Lipinski definition) is 2. The fourth-order valence-corrected chi connectivity index (χ4v) is 1.06.